The first-order valence-corrected chi connectivity index (χ1v) is 5.09. The van der Waals surface area contributed by atoms with Gasteiger partial charge in [-0.15, -0.1) is 0 Å². The molecule has 2 aromatic heterocycles. The number of anilines is 1. The van der Waals surface area contributed by atoms with Crippen molar-refractivity contribution in [1.82, 2.24) is 14.3 Å². The van der Waals surface area contributed by atoms with Crippen LogP contribution in [0.1, 0.15) is 10.6 Å². The fourth-order valence-electron chi connectivity index (χ4n) is 1.17. The maximum atomic E-state index is 5.42. The van der Waals surface area contributed by atoms with Gasteiger partial charge < -0.3 is 5.73 Å². The number of nitrogens with two attached hydrogens (primary N) is 1. The Morgan fingerprint density at radius 2 is 2.29 bits per heavy atom. The summed E-state index contributed by atoms with van der Waals surface area (Å²) >= 11 is 1.36. The molecule has 0 fully saturated rings. The molecule has 2 aromatic rings. The normalized spacial score (nSPS) is 10.3. The minimum Gasteiger partial charge on any atom is -0.367 e. The molecule has 0 saturated carbocycles. The minimum absolute atomic E-state index is 0.371. The van der Waals surface area contributed by atoms with Gasteiger partial charge in [0.1, 0.15) is 5.01 Å². The van der Waals surface area contributed by atoms with Crippen LogP contribution in [0.3, 0.4) is 0 Å². The highest BCUT2D eigenvalue weighted by Crippen LogP contribution is 2.09. The average Bonchev–Trinajstić information content (AvgIpc) is 2.63. The highest BCUT2D eigenvalue weighted by Gasteiger charge is 2.00. The van der Waals surface area contributed by atoms with Gasteiger partial charge in [0.15, 0.2) is 0 Å². The molecule has 2 heterocycles. The highest BCUT2D eigenvalue weighted by molar-refractivity contribution is 7.05. The van der Waals surface area contributed by atoms with Crippen molar-refractivity contribution in [2.45, 2.75) is 12.8 Å². The van der Waals surface area contributed by atoms with E-state index >= 15 is 0 Å². The second-order valence-electron chi connectivity index (χ2n) is 2.91. The monoisotopic (exact) mass is 206 g/mol. The van der Waals surface area contributed by atoms with Gasteiger partial charge in [0, 0.05) is 18.8 Å². The Morgan fingerprint density at radius 3 is 2.93 bits per heavy atom. The molecule has 0 amide bonds. The minimum atomic E-state index is 0.371. The lowest BCUT2D eigenvalue weighted by atomic mass is 10.2. The van der Waals surface area contributed by atoms with Gasteiger partial charge in [-0.2, -0.15) is 4.37 Å². The van der Waals surface area contributed by atoms with Crippen LogP contribution in [0, 0.1) is 0 Å². The van der Waals surface area contributed by atoms with E-state index in [1.165, 1.54) is 17.1 Å². The van der Waals surface area contributed by atoms with Crippen molar-refractivity contribution in [3.8, 4) is 0 Å². The third kappa shape index (κ3) is 2.26. The predicted octanol–water partition coefficient (Wildman–Crippen LogP) is 1.30. The summed E-state index contributed by atoms with van der Waals surface area (Å²) in [5.41, 5.74) is 6.63. The molecule has 0 aliphatic heterocycles. The molecule has 0 spiro atoms. The number of hydrogen-bond acceptors (Lipinski definition) is 5. The van der Waals surface area contributed by atoms with Crippen LogP contribution in [-0.4, -0.2) is 14.3 Å². The molecule has 4 nitrogen and oxygen atoms in total. The van der Waals surface area contributed by atoms with Gasteiger partial charge in [-0.25, -0.2) is 4.98 Å². The van der Waals surface area contributed by atoms with E-state index in [2.05, 4.69) is 20.4 Å². The van der Waals surface area contributed by atoms with Crippen LogP contribution in [0.4, 0.5) is 5.95 Å². The van der Waals surface area contributed by atoms with Crippen LogP contribution < -0.4 is 5.73 Å². The van der Waals surface area contributed by atoms with Gasteiger partial charge in [-0.05, 0) is 29.6 Å². The summed E-state index contributed by atoms with van der Waals surface area (Å²) in [4.78, 5) is 8.14. The van der Waals surface area contributed by atoms with E-state index in [-0.39, 0.29) is 0 Å². The Kier molecular flexibility index (Phi) is 2.69. The Labute approximate surface area is 86.0 Å². The van der Waals surface area contributed by atoms with Gasteiger partial charge in [-0.1, -0.05) is 6.07 Å². The molecule has 5 heteroatoms. The van der Waals surface area contributed by atoms with E-state index in [1.807, 2.05) is 12.3 Å². The van der Waals surface area contributed by atoms with Crippen molar-refractivity contribution >= 4 is 17.5 Å². The Bertz CT molecular complexity index is 398. The van der Waals surface area contributed by atoms with Crippen molar-refractivity contribution in [2.75, 3.05) is 5.73 Å². The number of aryl methyl sites for hydroxylation is 2. The molecule has 72 valence electrons. The molecule has 0 bridgehead atoms. The molecule has 0 aliphatic carbocycles. The zero-order valence-corrected chi connectivity index (χ0v) is 8.37. The molecule has 0 unspecified atom stereocenters. The molecule has 14 heavy (non-hydrogen) atoms. The highest BCUT2D eigenvalue weighted by atomic mass is 32.1. The third-order valence-electron chi connectivity index (χ3n) is 1.83. The van der Waals surface area contributed by atoms with E-state index < -0.39 is 0 Å². The number of rotatable bonds is 3. The number of aromatic nitrogens is 3. The van der Waals surface area contributed by atoms with Crippen molar-refractivity contribution < 1.29 is 0 Å². The van der Waals surface area contributed by atoms with Crippen LogP contribution in [0.15, 0.2) is 24.5 Å². The van der Waals surface area contributed by atoms with Crippen LogP contribution in [0.25, 0.3) is 0 Å². The van der Waals surface area contributed by atoms with E-state index in [0.29, 0.717) is 5.95 Å². The molecule has 0 aliphatic rings. The van der Waals surface area contributed by atoms with Gasteiger partial charge in [0.25, 0.3) is 0 Å². The quantitative estimate of drug-likeness (QED) is 0.822. The summed E-state index contributed by atoms with van der Waals surface area (Å²) in [5, 5.41) is 0.978. The maximum Gasteiger partial charge on any atom is 0.232 e. The Balaban J connectivity index is 1.95. The summed E-state index contributed by atoms with van der Waals surface area (Å²) < 4.78 is 3.92. The van der Waals surface area contributed by atoms with Gasteiger partial charge in [-0.3, -0.25) is 4.98 Å². The molecule has 0 radical (unpaired) electrons. The van der Waals surface area contributed by atoms with Crippen molar-refractivity contribution in [3.63, 3.8) is 0 Å². The van der Waals surface area contributed by atoms with Crippen LogP contribution in [0.5, 0.6) is 0 Å². The summed E-state index contributed by atoms with van der Waals surface area (Å²) in [6, 6.07) is 3.99. The third-order valence-corrected chi connectivity index (χ3v) is 2.62. The summed E-state index contributed by atoms with van der Waals surface area (Å²) in [6.45, 7) is 0. The average molecular weight is 206 g/mol. The van der Waals surface area contributed by atoms with Crippen molar-refractivity contribution in [3.05, 3.63) is 35.1 Å². The second-order valence-corrected chi connectivity index (χ2v) is 3.74. The van der Waals surface area contributed by atoms with Crippen LogP contribution >= 0.6 is 11.5 Å². The first kappa shape index (κ1) is 9.08. The van der Waals surface area contributed by atoms with Crippen LogP contribution in [0.2, 0.25) is 0 Å². The van der Waals surface area contributed by atoms with Crippen LogP contribution in [-0.2, 0) is 12.8 Å². The molecular formula is C9H10N4S. The molecule has 2 rings (SSSR count). The number of nitrogens with zero attached hydrogens (tertiary/aromatic N) is 3. The lowest BCUT2D eigenvalue weighted by Gasteiger charge is -1.96. The lowest BCUT2D eigenvalue weighted by Crippen LogP contribution is -1.92. The zero-order chi connectivity index (χ0) is 9.80. The molecular weight excluding hydrogens is 196 g/mol. The van der Waals surface area contributed by atoms with Gasteiger partial charge in [0.2, 0.25) is 5.95 Å². The van der Waals surface area contributed by atoms with Crippen molar-refractivity contribution in [2.24, 2.45) is 0 Å². The number of nitrogen functional groups attached to an aromatic ring is 1. The lowest BCUT2D eigenvalue weighted by molar-refractivity contribution is 0.936. The van der Waals surface area contributed by atoms with Gasteiger partial charge in [0.05, 0.1) is 0 Å². The fraction of sp³-hybridized carbons (Fsp3) is 0.222. The van der Waals surface area contributed by atoms with Crippen molar-refractivity contribution in [1.29, 1.82) is 0 Å². The molecule has 0 atom stereocenters. The Morgan fingerprint density at radius 1 is 1.36 bits per heavy atom. The molecule has 0 aromatic carbocycles. The summed E-state index contributed by atoms with van der Waals surface area (Å²) in [7, 11) is 0. The first-order valence-electron chi connectivity index (χ1n) is 4.31. The van der Waals surface area contributed by atoms with E-state index in [4.69, 9.17) is 5.73 Å². The number of hydrogen-bond donors (Lipinski definition) is 1. The van der Waals surface area contributed by atoms with E-state index in [9.17, 15) is 0 Å². The topological polar surface area (TPSA) is 64.7 Å². The number of pyridine rings is 1. The maximum absolute atomic E-state index is 5.42. The van der Waals surface area contributed by atoms with Gasteiger partial charge >= 0.3 is 0 Å². The Hall–Kier alpha value is -1.49. The standard InChI is InChI=1S/C9H10N4S/c10-9-12-8(14-13-9)4-3-7-2-1-5-11-6-7/h1-2,5-6H,3-4H2,(H2,10,13). The zero-order valence-electron chi connectivity index (χ0n) is 7.55. The fourth-order valence-corrected chi connectivity index (χ4v) is 1.73. The molecule has 0 saturated heterocycles. The largest absolute Gasteiger partial charge is 0.367 e. The van der Waals surface area contributed by atoms with E-state index in [0.717, 1.165) is 17.8 Å². The molecule has 2 N–H and O–H groups in total. The summed E-state index contributed by atoms with van der Waals surface area (Å²) in [6.07, 6.45) is 5.44. The smallest absolute Gasteiger partial charge is 0.232 e. The summed E-state index contributed by atoms with van der Waals surface area (Å²) in [5.74, 6) is 0.371. The predicted molar refractivity (Wildman–Crippen MR) is 56.0 cm³/mol. The first-order chi connectivity index (χ1) is 6.84. The SMILES string of the molecule is Nc1nsc(CCc2cccnc2)n1. The van der Waals surface area contributed by atoms with E-state index in [1.54, 1.807) is 6.20 Å². The second kappa shape index (κ2) is 4.15.